The molecular weight excluding hydrogens is 174 g/mol. The van der Waals surface area contributed by atoms with Crippen LogP contribution in [0.1, 0.15) is 12.8 Å². The van der Waals surface area contributed by atoms with Gasteiger partial charge in [-0.05, 0) is 6.42 Å². The van der Waals surface area contributed by atoms with Crippen LogP contribution in [0.25, 0.3) is 0 Å². The van der Waals surface area contributed by atoms with E-state index in [9.17, 15) is 13.2 Å². The molecule has 0 heterocycles. The predicted octanol–water partition coefficient (Wildman–Crippen LogP) is -0.756. The zero-order valence-corrected chi connectivity index (χ0v) is 6.47. The maximum Gasteiger partial charge on any atom is 0.333 e. The molecule has 0 aliphatic carbocycles. The van der Waals surface area contributed by atoms with E-state index < -0.39 is 16.3 Å². The molecule has 7 heteroatoms. The first-order valence-corrected chi connectivity index (χ1v) is 4.29. The summed E-state index contributed by atoms with van der Waals surface area (Å²) in [6.07, 6.45) is 0.0393. The molecule has 0 radical (unpaired) electrons. The van der Waals surface area contributed by atoms with E-state index in [-0.39, 0.29) is 19.4 Å². The summed E-state index contributed by atoms with van der Waals surface area (Å²) in [6.45, 7) is -0.0644. The highest BCUT2D eigenvalue weighted by atomic mass is 32.2. The van der Waals surface area contributed by atoms with Crippen molar-refractivity contribution in [1.82, 2.24) is 4.72 Å². The third-order valence-electron chi connectivity index (χ3n) is 0.852. The van der Waals surface area contributed by atoms with E-state index in [4.69, 9.17) is 9.66 Å². The number of carboxylic acids is 1. The highest BCUT2D eigenvalue weighted by Crippen LogP contribution is 1.86. The lowest BCUT2D eigenvalue weighted by Crippen LogP contribution is -2.23. The molecule has 0 fully saturated rings. The maximum absolute atomic E-state index is 9.97. The van der Waals surface area contributed by atoms with E-state index in [1.807, 2.05) is 0 Å². The van der Waals surface area contributed by atoms with Crippen LogP contribution in [0.2, 0.25) is 0 Å². The van der Waals surface area contributed by atoms with Crippen molar-refractivity contribution in [3.63, 3.8) is 0 Å². The second-order valence-corrected chi connectivity index (χ2v) is 3.11. The molecule has 0 unspecified atom stereocenters. The number of rotatable bonds is 5. The van der Waals surface area contributed by atoms with Crippen molar-refractivity contribution in [2.75, 3.05) is 6.54 Å². The van der Waals surface area contributed by atoms with Crippen molar-refractivity contribution in [1.29, 1.82) is 0 Å². The molecule has 0 amide bonds. The van der Waals surface area contributed by atoms with E-state index in [0.717, 1.165) is 0 Å². The molecule has 0 aromatic heterocycles. The van der Waals surface area contributed by atoms with Gasteiger partial charge in [0.05, 0.1) is 0 Å². The standard InChI is InChI=1S/C4H9NO5S/c6-4(7)2-1-3-5-11(8,9)10/h5H,1-3H2,(H,6,7)(H,8,9,10). The highest BCUT2D eigenvalue weighted by molar-refractivity contribution is 7.83. The van der Waals surface area contributed by atoms with Crippen LogP contribution in [0.3, 0.4) is 0 Å². The fraction of sp³-hybridized carbons (Fsp3) is 0.750. The Labute approximate surface area is 64.1 Å². The monoisotopic (exact) mass is 183 g/mol. The molecule has 0 rings (SSSR count). The molecule has 0 saturated heterocycles. The van der Waals surface area contributed by atoms with Crippen LogP contribution in [-0.4, -0.2) is 30.6 Å². The molecule has 6 nitrogen and oxygen atoms in total. The Bertz CT molecular complexity index is 221. The van der Waals surface area contributed by atoms with Crippen LogP contribution in [0.4, 0.5) is 0 Å². The largest absolute Gasteiger partial charge is 0.481 e. The second-order valence-electron chi connectivity index (χ2n) is 1.87. The van der Waals surface area contributed by atoms with Gasteiger partial charge in [-0.2, -0.15) is 13.1 Å². The SMILES string of the molecule is O=C(O)CCCNS(=O)(=O)O. The third-order valence-corrected chi connectivity index (χ3v) is 1.42. The second kappa shape index (κ2) is 4.27. The number of nitrogens with one attached hydrogen (secondary N) is 1. The quantitative estimate of drug-likeness (QED) is 0.384. The average molecular weight is 183 g/mol. The summed E-state index contributed by atoms with van der Waals surface area (Å²) in [5.41, 5.74) is 0. The van der Waals surface area contributed by atoms with Crippen LogP contribution >= 0.6 is 0 Å². The normalized spacial score (nSPS) is 11.4. The van der Waals surface area contributed by atoms with Crippen LogP contribution in [-0.2, 0) is 15.1 Å². The van der Waals surface area contributed by atoms with Crippen LogP contribution in [0.15, 0.2) is 0 Å². The predicted molar refractivity (Wildman–Crippen MR) is 36.4 cm³/mol. The van der Waals surface area contributed by atoms with Gasteiger partial charge in [0.15, 0.2) is 0 Å². The Hall–Kier alpha value is -0.660. The summed E-state index contributed by atoms with van der Waals surface area (Å²) < 4.78 is 29.8. The third kappa shape index (κ3) is 9.34. The maximum atomic E-state index is 9.97. The van der Waals surface area contributed by atoms with Crippen molar-refractivity contribution < 1.29 is 22.9 Å². The summed E-state index contributed by atoms with van der Waals surface area (Å²) in [6, 6.07) is 0. The van der Waals surface area contributed by atoms with E-state index in [1.165, 1.54) is 0 Å². The molecule has 0 bridgehead atoms. The molecular formula is C4H9NO5S. The van der Waals surface area contributed by atoms with E-state index in [0.29, 0.717) is 0 Å². The summed E-state index contributed by atoms with van der Waals surface area (Å²) in [7, 11) is -4.16. The van der Waals surface area contributed by atoms with Gasteiger partial charge in [-0.3, -0.25) is 9.35 Å². The van der Waals surface area contributed by atoms with Crippen molar-refractivity contribution in [3.05, 3.63) is 0 Å². The minimum atomic E-state index is -4.16. The van der Waals surface area contributed by atoms with Crippen molar-refractivity contribution in [2.24, 2.45) is 0 Å². The van der Waals surface area contributed by atoms with Crippen molar-refractivity contribution in [2.45, 2.75) is 12.8 Å². The van der Waals surface area contributed by atoms with E-state index >= 15 is 0 Å². The Morgan fingerprint density at radius 2 is 2.00 bits per heavy atom. The lowest BCUT2D eigenvalue weighted by atomic mass is 10.3. The molecule has 0 atom stereocenters. The first-order chi connectivity index (χ1) is 4.92. The summed E-state index contributed by atoms with van der Waals surface area (Å²) >= 11 is 0. The fourth-order valence-corrected chi connectivity index (χ4v) is 0.843. The Morgan fingerprint density at radius 3 is 2.36 bits per heavy atom. The first kappa shape index (κ1) is 10.3. The number of aliphatic carboxylic acids is 1. The first-order valence-electron chi connectivity index (χ1n) is 2.85. The molecule has 0 aliphatic rings. The van der Waals surface area contributed by atoms with Gasteiger partial charge in [-0.1, -0.05) is 0 Å². The van der Waals surface area contributed by atoms with Gasteiger partial charge in [0.25, 0.3) is 0 Å². The molecule has 0 spiro atoms. The highest BCUT2D eigenvalue weighted by Gasteiger charge is 2.02. The Morgan fingerprint density at radius 1 is 1.45 bits per heavy atom. The van der Waals surface area contributed by atoms with Crippen molar-refractivity contribution >= 4 is 16.3 Å². The van der Waals surface area contributed by atoms with E-state index in [1.54, 1.807) is 4.72 Å². The molecule has 11 heavy (non-hydrogen) atoms. The van der Waals surface area contributed by atoms with Gasteiger partial charge in [0.1, 0.15) is 0 Å². The van der Waals surface area contributed by atoms with Gasteiger partial charge >= 0.3 is 16.3 Å². The lowest BCUT2D eigenvalue weighted by molar-refractivity contribution is -0.137. The van der Waals surface area contributed by atoms with Gasteiger partial charge in [-0.25, -0.2) is 0 Å². The molecule has 0 saturated carbocycles. The topological polar surface area (TPSA) is 104 Å². The zero-order chi connectivity index (χ0) is 8.91. The minimum absolute atomic E-state index is 0.0644. The van der Waals surface area contributed by atoms with E-state index in [2.05, 4.69) is 0 Å². The smallest absolute Gasteiger partial charge is 0.333 e. The van der Waals surface area contributed by atoms with Gasteiger partial charge in [0, 0.05) is 13.0 Å². The minimum Gasteiger partial charge on any atom is -0.481 e. The molecule has 0 aromatic carbocycles. The van der Waals surface area contributed by atoms with Crippen LogP contribution in [0.5, 0.6) is 0 Å². The Kier molecular flexibility index (Phi) is 4.01. The average Bonchev–Trinajstić information content (AvgIpc) is 1.78. The van der Waals surface area contributed by atoms with Crippen LogP contribution < -0.4 is 4.72 Å². The van der Waals surface area contributed by atoms with Crippen LogP contribution in [0, 0.1) is 0 Å². The number of carboxylic acid groups (broad SMARTS) is 1. The van der Waals surface area contributed by atoms with Gasteiger partial charge < -0.3 is 5.11 Å². The molecule has 0 aliphatic heterocycles. The molecule has 0 aromatic rings. The Balaban J connectivity index is 3.37. The molecule has 3 N–H and O–H groups in total. The lowest BCUT2D eigenvalue weighted by Gasteiger charge is -1.97. The summed E-state index contributed by atoms with van der Waals surface area (Å²) in [5, 5.41) is 8.10. The summed E-state index contributed by atoms with van der Waals surface area (Å²) in [5.74, 6) is -0.998. The number of hydrogen-bond acceptors (Lipinski definition) is 3. The number of hydrogen-bond donors (Lipinski definition) is 3. The number of carbonyl (C=O) groups is 1. The fourth-order valence-electron chi connectivity index (χ4n) is 0.441. The zero-order valence-electron chi connectivity index (χ0n) is 5.65. The summed E-state index contributed by atoms with van der Waals surface area (Å²) in [4.78, 5) is 9.88. The van der Waals surface area contributed by atoms with Gasteiger partial charge in [0.2, 0.25) is 0 Å². The van der Waals surface area contributed by atoms with Gasteiger partial charge in [-0.15, -0.1) is 0 Å². The molecule has 66 valence electrons. The van der Waals surface area contributed by atoms with Crippen molar-refractivity contribution in [3.8, 4) is 0 Å².